The molecule has 19 heavy (non-hydrogen) atoms. The van der Waals surface area contributed by atoms with E-state index in [1.54, 1.807) is 6.08 Å². The predicted octanol–water partition coefficient (Wildman–Crippen LogP) is 1.05. The fraction of sp³-hybridized carbons (Fsp3) is 0.800. The Morgan fingerprint density at radius 2 is 2.00 bits per heavy atom. The lowest BCUT2D eigenvalue weighted by molar-refractivity contribution is -0.137. The van der Waals surface area contributed by atoms with E-state index in [2.05, 4.69) is 23.6 Å². The SMILES string of the molecule is CC(C)N1CCC2(CN(C(=O)/C=C\CN(C)C)C2)C1. The number of amides is 1. The summed E-state index contributed by atoms with van der Waals surface area (Å²) in [7, 11) is 4.01. The standard InChI is InChI=1S/C15H27N3O/c1-13(2)17-9-7-15(10-17)11-18(12-15)14(19)6-5-8-16(3)4/h5-6,13H,7-12H2,1-4H3/b6-5-. The van der Waals surface area contributed by atoms with Crippen LogP contribution in [0, 0.1) is 5.41 Å². The van der Waals surface area contributed by atoms with Crippen LogP contribution in [0.4, 0.5) is 0 Å². The molecular formula is C15H27N3O. The predicted molar refractivity (Wildman–Crippen MR) is 78.0 cm³/mol. The molecule has 2 fully saturated rings. The third-order valence-electron chi connectivity index (χ3n) is 4.29. The highest BCUT2D eigenvalue weighted by molar-refractivity contribution is 5.88. The summed E-state index contributed by atoms with van der Waals surface area (Å²) in [6.45, 7) is 9.58. The molecule has 0 N–H and O–H groups in total. The van der Waals surface area contributed by atoms with Crippen molar-refractivity contribution in [1.29, 1.82) is 0 Å². The summed E-state index contributed by atoms with van der Waals surface area (Å²) >= 11 is 0. The normalized spacial score (nSPS) is 22.9. The van der Waals surface area contributed by atoms with Gasteiger partial charge in [-0.3, -0.25) is 4.79 Å². The van der Waals surface area contributed by atoms with E-state index < -0.39 is 0 Å². The molecule has 2 aliphatic rings. The van der Waals surface area contributed by atoms with Crippen LogP contribution >= 0.6 is 0 Å². The molecule has 0 aromatic heterocycles. The fourth-order valence-electron chi connectivity index (χ4n) is 3.06. The maximum atomic E-state index is 12.0. The Morgan fingerprint density at radius 1 is 1.32 bits per heavy atom. The summed E-state index contributed by atoms with van der Waals surface area (Å²) in [5, 5.41) is 0. The Balaban J connectivity index is 1.77. The van der Waals surface area contributed by atoms with Crippen LogP contribution in [0.1, 0.15) is 20.3 Å². The van der Waals surface area contributed by atoms with Crippen LogP contribution in [-0.2, 0) is 4.79 Å². The number of likely N-dealkylation sites (N-methyl/N-ethyl adjacent to an activating group) is 1. The third kappa shape index (κ3) is 3.37. The summed E-state index contributed by atoms with van der Waals surface area (Å²) in [6, 6.07) is 0.629. The highest BCUT2D eigenvalue weighted by Crippen LogP contribution is 2.40. The average molecular weight is 265 g/mol. The molecule has 108 valence electrons. The van der Waals surface area contributed by atoms with E-state index in [1.165, 1.54) is 13.0 Å². The van der Waals surface area contributed by atoms with E-state index in [0.717, 1.165) is 26.2 Å². The summed E-state index contributed by atoms with van der Waals surface area (Å²) < 4.78 is 0. The second kappa shape index (κ2) is 5.63. The molecule has 4 nitrogen and oxygen atoms in total. The number of carbonyl (C=O) groups is 1. The van der Waals surface area contributed by atoms with Crippen molar-refractivity contribution >= 4 is 5.91 Å². The molecule has 0 radical (unpaired) electrons. The first-order chi connectivity index (χ1) is 8.92. The topological polar surface area (TPSA) is 26.8 Å². The van der Waals surface area contributed by atoms with Gasteiger partial charge >= 0.3 is 0 Å². The molecule has 2 aliphatic heterocycles. The summed E-state index contributed by atoms with van der Waals surface area (Å²) in [5.41, 5.74) is 0.398. The molecule has 1 amide bonds. The molecular weight excluding hydrogens is 238 g/mol. The third-order valence-corrected chi connectivity index (χ3v) is 4.29. The van der Waals surface area contributed by atoms with Crippen molar-refractivity contribution in [3.05, 3.63) is 12.2 Å². The zero-order valence-corrected chi connectivity index (χ0v) is 12.7. The highest BCUT2D eigenvalue weighted by atomic mass is 16.2. The lowest BCUT2D eigenvalue weighted by Crippen LogP contribution is -2.59. The van der Waals surface area contributed by atoms with Gasteiger partial charge in [-0.05, 0) is 40.9 Å². The molecule has 1 spiro atoms. The first kappa shape index (κ1) is 14.5. The Hall–Kier alpha value is -0.870. The van der Waals surface area contributed by atoms with Gasteiger partial charge in [-0.25, -0.2) is 0 Å². The number of rotatable bonds is 4. The van der Waals surface area contributed by atoms with Gasteiger partial charge in [0.05, 0.1) is 0 Å². The van der Waals surface area contributed by atoms with Gasteiger partial charge in [0.2, 0.25) is 5.91 Å². The Bertz CT molecular complexity index is 356. The minimum atomic E-state index is 0.176. The van der Waals surface area contributed by atoms with Gasteiger partial charge in [-0.1, -0.05) is 6.08 Å². The first-order valence-corrected chi connectivity index (χ1v) is 7.26. The van der Waals surface area contributed by atoms with Crippen molar-refractivity contribution in [2.45, 2.75) is 26.3 Å². The minimum Gasteiger partial charge on any atom is -0.338 e. The van der Waals surface area contributed by atoms with Crippen LogP contribution in [0.3, 0.4) is 0 Å². The summed E-state index contributed by atoms with van der Waals surface area (Å²) in [6.07, 6.45) is 4.92. The Labute approximate surface area is 117 Å². The summed E-state index contributed by atoms with van der Waals surface area (Å²) in [4.78, 5) is 18.5. The van der Waals surface area contributed by atoms with Crippen molar-refractivity contribution in [1.82, 2.24) is 14.7 Å². The van der Waals surface area contributed by atoms with Crippen molar-refractivity contribution in [2.24, 2.45) is 5.41 Å². The van der Waals surface area contributed by atoms with Gasteiger partial charge in [0, 0.05) is 43.7 Å². The Kier molecular flexibility index (Phi) is 4.31. The van der Waals surface area contributed by atoms with E-state index in [4.69, 9.17) is 0 Å². The number of nitrogens with zero attached hydrogens (tertiary/aromatic N) is 3. The first-order valence-electron chi connectivity index (χ1n) is 7.26. The van der Waals surface area contributed by atoms with Crippen LogP contribution in [0.15, 0.2) is 12.2 Å². The molecule has 0 bridgehead atoms. The number of carbonyl (C=O) groups excluding carboxylic acids is 1. The van der Waals surface area contributed by atoms with E-state index in [-0.39, 0.29) is 5.91 Å². The molecule has 0 atom stereocenters. The van der Waals surface area contributed by atoms with Crippen LogP contribution in [-0.4, -0.2) is 73.5 Å². The minimum absolute atomic E-state index is 0.176. The largest absolute Gasteiger partial charge is 0.338 e. The van der Waals surface area contributed by atoms with Crippen LogP contribution < -0.4 is 0 Å². The zero-order valence-electron chi connectivity index (χ0n) is 12.7. The van der Waals surface area contributed by atoms with Gasteiger partial charge in [0.1, 0.15) is 0 Å². The monoisotopic (exact) mass is 265 g/mol. The van der Waals surface area contributed by atoms with Gasteiger partial charge < -0.3 is 14.7 Å². The van der Waals surface area contributed by atoms with Gasteiger partial charge in [-0.2, -0.15) is 0 Å². The van der Waals surface area contributed by atoms with Crippen molar-refractivity contribution in [3.8, 4) is 0 Å². The molecule has 0 unspecified atom stereocenters. The number of likely N-dealkylation sites (tertiary alicyclic amines) is 2. The van der Waals surface area contributed by atoms with Crippen LogP contribution in [0.2, 0.25) is 0 Å². The van der Waals surface area contributed by atoms with Gasteiger partial charge in [0.25, 0.3) is 0 Å². The smallest absolute Gasteiger partial charge is 0.246 e. The van der Waals surface area contributed by atoms with Crippen LogP contribution in [0.25, 0.3) is 0 Å². The van der Waals surface area contributed by atoms with Crippen molar-refractivity contribution in [2.75, 3.05) is 46.8 Å². The highest BCUT2D eigenvalue weighted by Gasteiger charge is 2.48. The van der Waals surface area contributed by atoms with Crippen molar-refractivity contribution < 1.29 is 4.79 Å². The van der Waals surface area contributed by atoms with E-state index in [0.29, 0.717) is 11.5 Å². The number of hydrogen-bond donors (Lipinski definition) is 0. The van der Waals surface area contributed by atoms with Gasteiger partial charge in [0.15, 0.2) is 0 Å². The molecule has 2 rings (SSSR count). The second-order valence-corrected chi connectivity index (χ2v) is 6.67. The molecule has 0 aromatic rings. The molecule has 0 aromatic carbocycles. The second-order valence-electron chi connectivity index (χ2n) is 6.67. The zero-order chi connectivity index (χ0) is 14.0. The summed E-state index contributed by atoms with van der Waals surface area (Å²) in [5.74, 6) is 0.176. The van der Waals surface area contributed by atoms with Gasteiger partial charge in [-0.15, -0.1) is 0 Å². The molecule has 0 saturated carbocycles. The molecule has 4 heteroatoms. The maximum absolute atomic E-state index is 12.0. The molecule has 0 aliphatic carbocycles. The van der Waals surface area contributed by atoms with Crippen LogP contribution in [0.5, 0.6) is 0 Å². The lowest BCUT2D eigenvalue weighted by atomic mass is 9.79. The quantitative estimate of drug-likeness (QED) is 0.711. The van der Waals surface area contributed by atoms with E-state index in [1.807, 2.05) is 25.1 Å². The number of hydrogen-bond acceptors (Lipinski definition) is 3. The Morgan fingerprint density at radius 3 is 2.53 bits per heavy atom. The van der Waals surface area contributed by atoms with E-state index >= 15 is 0 Å². The van der Waals surface area contributed by atoms with Crippen molar-refractivity contribution in [3.63, 3.8) is 0 Å². The average Bonchev–Trinajstić information content (AvgIpc) is 2.71. The van der Waals surface area contributed by atoms with E-state index in [9.17, 15) is 4.79 Å². The molecule has 2 saturated heterocycles. The fourth-order valence-corrected chi connectivity index (χ4v) is 3.06. The lowest BCUT2D eigenvalue weighted by Gasteiger charge is -2.48. The molecule has 2 heterocycles. The maximum Gasteiger partial charge on any atom is 0.246 e.